The van der Waals surface area contributed by atoms with Crippen molar-refractivity contribution in [1.29, 1.82) is 0 Å². The summed E-state index contributed by atoms with van der Waals surface area (Å²) in [5, 5.41) is 3.46. The first kappa shape index (κ1) is 14.9. The van der Waals surface area contributed by atoms with E-state index in [1.807, 2.05) is 0 Å². The quantitative estimate of drug-likeness (QED) is 0.833. The van der Waals surface area contributed by atoms with E-state index >= 15 is 0 Å². The Kier molecular flexibility index (Phi) is 4.54. The highest BCUT2D eigenvalue weighted by Crippen LogP contribution is 2.48. The van der Waals surface area contributed by atoms with Gasteiger partial charge in [0.05, 0.1) is 6.61 Å². The second-order valence-electron chi connectivity index (χ2n) is 7.05. The van der Waals surface area contributed by atoms with Crippen LogP contribution in [0.5, 0.6) is 5.75 Å². The van der Waals surface area contributed by atoms with Crippen molar-refractivity contribution >= 4 is 0 Å². The monoisotopic (exact) mass is 287 g/mol. The molecule has 1 aromatic carbocycles. The smallest absolute Gasteiger partial charge is 0.122 e. The Morgan fingerprint density at radius 3 is 2.76 bits per heavy atom. The first-order valence-corrected chi connectivity index (χ1v) is 8.64. The van der Waals surface area contributed by atoms with Gasteiger partial charge in [-0.3, -0.25) is 0 Å². The lowest BCUT2D eigenvalue weighted by atomic mass is 9.89. The maximum Gasteiger partial charge on any atom is 0.122 e. The lowest BCUT2D eigenvalue weighted by molar-refractivity contribution is 0.194. The Labute approximate surface area is 129 Å². The minimum Gasteiger partial charge on any atom is -0.493 e. The molecule has 2 nitrogen and oxygen atoms in total. The molecule has 2 heteroatoms. The third-order valence-electron chi connectivity index (χ3n) is 5.55. The van der Waals surface area contributed by atoms with Gasteiger partial charge in [0.25, 0.3) is 0 Å². The molecule has 0 radical (unpaired) electrons. The Balaban J connectivity index is 1.58. The van der Waals surface area contributed by atoms with Crippen LogP contribution in [0.3, 0.4) is 0 Å². The Hall–Kier alpha value is -1.02. The highest BCUT2D eigenvalue weighted by Gasteiger charge is 2.39. The fraction of sp³-hybridized carbons (Fsp3) is 0.684. The van der Waals surface area contributed by atoms with Crippen molar-refractivity contribution in [3.63, 3.8) is 0 Å². The fourth-order valence-corrected chi connectivity index (χ4v) is 4.31. The van der Waals surface area contributed by atoms with Gasteiger partial charge in [-0.25, -0.2) is 0 Å². The molecule has 0 aliphatic heterocycles. The molecule has 1 aromatic rings. The molecule has 2 saturated carbocycles. The van der Waals surface area contributed by atoms with Gasteiger partial charge in [0, 0.05) is 6.04 Å². The number of fused-ring (bicyclic) bond motifs is 2. The van der Waals surface area contributed by atoms with E-state index in [4.69, 9.17) is 4.74 Å². The highest BCUT2D eigenvalue weighted by atomic mass is 16.5. The number of hydrogen-bond donors (Lipinski definition) is 1. The van der Waals surface area contributed by atoms with Crippen molar-refractivity contribution in [2.45, 2.75) is 52.5 Å². The predicted molar refractivity (Wildman–Crippen MR) is 87.7 cm³/mol. The molecule has 0 saturated heterocycles. The summed E-state index contributed by atoms with van der Waals surface area (Å²) in [6.45, 7) is 8.45. The molecule has 21 heavy (non-hydrogen) atoms. The molecule has 2 bridgehead atoms. The van der Waals surface area contributed by atoms with Gasteiger partial charge in [-0.1, -0.05) is 25.5 Å². The van der Waals surface area contributed by atoms with Crippen molar-refractivity contribution in [3.8, 4) is 5.75 Å². The van der Waals surface area contributed by atoms with Crippen LogP contribution in [-0.2, 0) is 0 Å². The lowest BCUT2D eigenvalue weighted by Crippen LogP contribution is -2.19. The van der Waals surface area contributed by atoms with Crippen molar-refractivity contribution in [1.82, 2.24) is 5.32 Å². The zero-order valence-corrected chi connectivity index (χ0v) is 13.7. The van der Waals surface area contributed by atoms with Crippen LogP contribution in [-0.4, -0.2) is 13.2 Å². The molecule has 3 rings (SSSR count). The molecule has 0 amide bonds. The zero-order valence-electron chi connectivity index (χ0n) is 13.7. The van der Waals surface area contributed by atoms with Crippen molar-refractivity contribution in [3.05, 3.63) is 29.3 Å². The second-order valence-corrected chi connectivity index (χ2v) is 7.05. The van der Waals surface area contributed by atoms with E-state index in [1.165, 1.54) is 36.8 Å². The summed E-state index contributed by atoms with van der Waals surface area (Å²) in [5.74, 6) is 3.84. The fourth-order valence-electron chi connectivity index (χ4n) is 4.31. The summed E-state index contributed by atoms with van der Waals surface area (Å²) >= 11 is 0. The van der Waals surface area contributed by atoms with Crippen molar-refractivity contribution in [2.24, 2.45) is 17.8 Å². The van der Waals surface area contributed by atoms with Crippen LogP contribution in [0.1, 0.15) is 56.7 Å². The molecule has 116 valence electrons. The summed E-state index contributed by atoms with van der Waals surface area (Å²) in [6, 6.07) is 7.04. The van der Waals surface area contributed by atoms with Crippen LogP contribution in [0.15, 0.2) is 18.2 Å². The number of hydrogen-bond acceptors (Lipinski definition) is 2. The number of ether oxygens (including phenoxy) is 1. The average molecular weight is 287 g/mol. The summed E-state index contributed by atoms with van der Waals surface area (Å²) in [5.41, 5.74) is 2.61. The van der Waals surface area contributed by atoms with E-state index in [0.29, 0.717) is 6.04 Å². The van der Waals surface area contributed by atoms with Gasteiger partial charge in [-0.05, 0) is 74.6 Å². The van der Waals surface area contributed by atoms with Crippen molar-refractivity contribution < 1.29 is 4.74 Å². The van der Waals surface area contributed by atoms with E-state index in [9.17, 15) is 0 Å². The minimum absolute atomic E-state index is 0.410. The van der Waals surface area contributed by atoms with Gasteiger partial charge in [-0.15, -0.1) is 0 Å². The van der Waals surface area contributed by atoms with Gasteiger partial charge in [0.2, 0.25) is 0 Å². The maximum atomic E-state index is 6.15. The molecule has 2 fully saturated rings. The van der Waals surface area contributed by atoms with E-state index in [0.717, 1.165) is 36.7 Å². The van der Waals surface area contributed by atoms with Gasteiger partial charge in [0.15, 0.2) is 0 Å². The molecule has 1 N–H and O–H groups in total. The SMILES string of the molecule is CCNC(C)c1ccc(OCC2CC3CCC2C3)c(C)c1. The summed E-state index contributed by atoms with van der Waals surface area (Å²) in [4.78, 5) is 0. The van der Waals surface area contributed by atoms with Gasteiger partial charge >= 0.3 is 0 Å². The Bertz CT molecular complexity index is 484. The first-order valence-electron chi connectivity index (χ1n) is 8.64. The van der Waals surface area contributed by atoms with Crippen LogP contribution in [0, 0.1) is 24.7 Å². The summed E-state index contributed by atoms with van der Waals surface area (Å²) in [6.07, 6.45) is 5.78. The molecular weight excluding hydrogens is 258 g/mol. The molecular formula is C19H29NO. The van der Waals surface area contributed by atoms with Gasteiger partial charge in [0.1, 0.15) is 5.75 Å². The number of rotatable bonds is 6. The topological polar surface area (TPSA) is 21.3 Å². The first-order chi connectivity index (χ1) is 10.2. The van der Waals surface area contributed by atoms with E-state index in [2.05, 4.69) is 44.3 Å². The van der Waals surface area contributed by atoms with E-state index < -0.39 is 0 Å². The molecule has 2 aliphatic rings. The van der Waals surface area contributed by atoms with Crippen LogP contribution >= 0.6 is 0 Å². The molecule has 4 unspecified atom stereocenters. The highest BCUT2D eigenvalue weighted by molar-refractivity contribution is 5.37. The van der Waals surface area contributed by atoms with Crippen LogP contribution in [0.25, 0.3) is 0 Å². The predicted octanol–water partition coefficient (Wildman–Crippen LogP) is 4.48. The van der Waals surface area contributed by atoms with E-state index in [1.54, 1.807) is 0 Å². The molecule has 0 spiro atoms. The van der Waals surface area contributed by atoms with Crippen LogP contribution in [0.2, 0.25) is 0 Å². The third kappa shape index (κ3) is 3.26. The number of nitrogens with one attached hydrogen (secondary N) is 1. The normalized spacial score (nSPS) is 28.8. The average Bonchev–Trinajstić information content (AvgIpc) is 3.08. The van der Waals surface area contributed by atoms with Crippen LogP contribution in [0.4, 0.5) is 0 Å². The van der Waals surface area contributed by atoms with Crippen LogP contribution < -0.4 is 10.1 Å². The van der Waals surface area contributed by atoms with Crippen molar-refractivity contribution in [2.75, 3.05) is 13.2 Å². The number of benzene rings is 1. The van der Waals surface area contributed by atoms with Gasteiger partial charge in [-0.2, -0.15) is 0 Å². The minimum atomic E-state index is 0.410. The molecule has 0 aromatic heterocycles. The summed E-state index contributed by atoms with van der Waals surface area (Å²) < 4.78 is 6.15. The number of aryl methyl sites for hydroxylation is 1. The summed E-state index contributed by atoms with van der Waals surface area (Å²) in [7, 11) is 0. The zero-order chi connectivity index (χ0) is 14.8. The molecule has 0 heterocycles. The lowest BCUT2D eigenvalue weighted by Gasteiger charge is -2.22. The third-order valence-corrected chi connectivity index (χ3v) is 5.55. The maximum absolute atomic E-state index is 6.15. The Morgan fingerprint density at radius 2 is 2.14 bits per heavy atom. The van der Waals surface area contributed by atoms with E-state index in [-0.39, 0.29) is 0 Å². The largest absolute Gasteiger partial charge is 0.493 e. The Morgan fingerprint density at radius 1 is 1.29 bits per heavy atom. The molecule has 4 atom stereocenters. The molecule has 2 aliphatic carbocycles. The second kappa shape index (κ2) is 6.39. The standard InChI is InChI=1S/C19H29NO/c1-4-20-14(3)16-7-8-19(13(2)9-16)21-12-18-11-15-5-6-17(18)10-15/h7-9,14-15,17-18,20H,4-6,10-12H2,1-3H3. The van der Waals surface area contributed by atoms with Gasteiger partial charge < -0.3 is 10.1 Å².